The molecule has 3 aromatic rings. The molecule has 2 aliphatic heterocycles. The van der Waals surface area contributed by atoms with Crippen molar-refractivity contribution < 1.29 is 4.39 Å². The molecule has 3 heteroatoms. The summed E-state index contributed by atoms with van der Waals surface area (Å²) in [4.78, 5) is 7.07. The summed E-state index contributed by atoms with van der Waals surface area (Å²) in [5.41, 5.74) is 2.49. The second-order valence-electron chi connectivity index (χ2n) is 7.37. The molecule has 2 heterocycles. The Labute approximate surface area is 153 Å². The van der Waals surface area contributed by atoms with Crippen molar-refractivity contribution in [3.63, 3.8) is 0 Å². The number of aliphatic imine (C=N–C) groups is 1. The van der Waals surface area contributed by atoms with Crippen LogP contribution in [-0.4, -0.2) is 29.4 Å². The first-order chi connectivity index (χ1) is 12.7. The molecule has 0 unspecified atom stereocenters. The van der Waals surface area contributed by atoms with Gasteiger partial charge in [0.2, 0.25) is 0 Å². The molecule has 0 atom stereocenters. The van der Waals surface area contributed by atoms with Gasteiger partial charge in [0.1, 0.15) is 0 Å². The van der Waals surface area contributed by atoms with Crippen LogP contribution in [-0.2, 0) is 6.54 Å². The maximum Gasteiger partial charge on any atom is 0.155 e. The number of rotatable bonds is 3. The van der Waals surface area contributed by atoms with Crippen LogP contribution in [0.15, 0.2) is 71.7 Å². The van der Waals surface area contributed by atoms with E-state index in [0.717, 1.165) is 41.7 Å². The minimum absolute atomic E-state index is 0.503. The maximum atomic E-state index is 15.9. The van der Waals surface area contributed by atoms with Crippen LogP contribution in [0.2, 0.25) is 0 Å². The number of halogens is 1. The first-order valence-electron chi connectivity index (χ1n) is 9.29. The molecule has 0 radical (unpaired) electrons. The van der Waals surface area contributed by atoms with Gasteiger partial charge in [-0.15, -0.1) is 0 Å². The summed E-state index contributed by atoms with van der Waals surface area (Å²) < 4.78 is 15.9. The van der Waals surface area contributed by atoms with E-state index < -0.39 is 5.67 Å². The van der Waals surface area contributed by atoms with Crippen LogP contribution in [0.5, 0.6) is 0 Å². The van der Waals surface area contributed by atoms with Crippen molar-refractivity contribution in [2.75, 3.05) is 13.1 Å². The Bertz CT molecular complexity index is 980. The molecular formula is C23H21FN2. The van der Waals surface area contributed by atoms with Gasteiger partial charge >= 0.3 is 0 Å². The lowest BCUT2D eigenvalue weighted by Crippen LogP contribution is -2.46. The fraction of sp³-hybridized carbons (Fsp3) is 0.261. The molecule has 0 spiro atoms. The van der Waals surface area contributed by atoms with Crippen LogP contribution in [0.3, 0.4) is 0 Å². The standard InChI is InChI=1S/C23H21FN2/c24-23(12-14-26(15-13-23)16-17-6-2-1-3-7-17)22-19-10-4-8-18-9-5-11-20(25-22)21(18)19/h1-11H,12-16H2. The van der Waals surface area contributed by atoms with E-state index in [4.69, 9.17) is 4.99 Å². The molecule has 2 aliphatic rings. The topological polar surface area (TPSA) is 15.6 Å². The number of alkyl halides is 1. The van der Waals surface area contributed by atoms with Crippen LogP contribution in [0.1, 0.15) is 24.0 Å². The van der Waals surface area contributed by atoms with Crippen LogP contribution in [0.4, 0.5) is 10.1 Å². The first-order valence-corrected chi connectivity index (χ1v) is 9.29. The highest BCUT2D eigenvalue weighted by molar-refractivity contribution is 6.22. The van der Waals surface area contributed by atoms with Gasteiger partial charge in [-0.1, -0.05) is 60.7 Å². The van der Waals surface area contributed by atoms with Crippen molar-refractivity contribution in [2.24, 2.45) is 4.99 Å². The van der Waals surface area contributed by atoms with Gasteiger partial charge in [-0.3, -0.25) is 4.90 Å². The molecule has 5 rings (SSSR count). The molecule has 1 fully saturated rings. The normalized spacial score (nSPS) is 18.9. The van der Waals surface area contributed by atoms with Crippen molar-refractivity contribution in [3.8, 4) is 0 Å². The van der Waals surface area contributed by atoms with E-state index in [1.807, 2.05) is 30.3 Å². The summed E-state index contributed by atoms with van der Waals surface area (Å²) in [6.07, 6.45) is 1.01. The summed E-state index contributed by atoms with van der Waals surface area (Å²) in [6, 6.07) is 22.6. The fourth-order valence-corrected chi connectivity index (χ4v) is 4.28. The lowest BCUT2D eigenvalue weighted by Gasteiger charge is -2.36. The second kappa shape index (κ2) is 6.03. The molecule has 0 aliphatic carbocycles. The summed E-state index contributed by atoms with van der Waals surface area (Å²) in [5.74, 6) is 0. The van der Waals surface area contributed by atoms with Crippen LogP contribution in [0, 0.1) is 0 Å². The van der Waals surface area contributed by atoms with Gasteiger partial charge < -0.3 is 0 Å². The quantitative estimate of drug-likeness (QED) is 0.631. The third-order valence-electron chi connectivity index (χ3n) is 5.69. The van der Waals surface area contributed by atoms with E-state index >= 15 is 4.39 Å². The zero-order valence-corrected chi connectivity index (χ0v) is 14.7. The zero-order chi connectivity index (χ0) is 17.6. The lowest BCUT2D eigenvalue weighted by molar-refractivity contribution is 0.108. The minimum atomic E-state index is -1.33. The minimum Gasteiger partial charge on any atom is -0.299 e. The van der Waals surface area contributed by atoms with Gasteiger partial charge in [0.15, 0.2) is 5.67 Å². The van der Waals surface area contributed by atoms with E-state index in [1.165, 1.54) is 5.56 Å². The third kappa shape index (κ3) is 2.55. The van der Waals surface area contributed by atoms with Crippen LogP contribution < -0.4 is 0 Å². The number of hydrogen-bond acceptors (Lipinski definition) is 2. The van der Waals surface area contributed by atoms with Gasteiger partial charge in [0.25, 0.3) is 0 Å². The summed E-state index contributed by atoms with van der Waals surface area (Å²) >= 11 is 0. The van der Waals surface area contributed by atoms with E-state index in [2.05, 4.69) is 41.3 Å². The fourth-order valence-electron chi connectivity index (χ4n) is 4.28. The Balaban J connectivity index is 1.38. The molecule has 26 heavy (non-hydrogen) atoms. The average molecular weight is 344 g/mol. The smallest absolute Gasteiger partial charge is 0.155 e. The monoisotopic (exact) mass is 344 g/mol. The summed E-state index contributed by atoms with van der Waals surface area (Å²) in [5, 5.41) is 2.25. The van der Waals surface area contributed by atoms with Crippen molar-refractivity contribution in [3.05, 3.63) is 77.9 Å². The van der Waals surface area contributed by atoms with Gasteiger partial charge in [-0.2, -0.15) is 0 Å². The SMILES string of the molecule is FC1(C2=Nc3cccc4cccc2c34)CCN(Cc2ccccc2)CC1. The lowest BCUT2D eigenvalue weighted by atomic mass is 9.84. The van der Waals surface area contributed by atoms with Gasteiger partial charge in [0, 0.05) is 30.6 Å². The first kappa shape index (κ1) is 15.7. The molecule has 1 saturated heterocycles. The van der Waals surface area contributed by atoms with Crippen molar-refractivity contribution >= 4 is 22.2 Å². The highest BCUT2D eigenvalue weighted by atomic mass is 19.1. The molecule has 0 amide bonds. The number of benzene rings is 3. The Morgan fingerprint density at radius 2 is 1.62 bits per heavy atom. The summed E-state index contributed by atoms with van der Waals surface area (Å²) in [7, 11) is 0. The van der Waals surface area contributed by atoms with E-state index in [9.17, 15) is 0 Å². The van der Waals surface area contributed by atoms with E-state index in [-0.39, 0.29) is 0 Å². The van der Waals surface area contributed by atoms with Crippen LogP contribution in [0.25, 0.3) is 10.8 Å². The molecule has 0 saturated carbocycles. The van der Waals surface area contributed by atoms with Crippen molar-refractivity contribution in [1.82, 2.24) is 4.90 Å². The largest absolute Gasteiger partial charge is 0.299 e. The molecular weight excluding hydrogens is 323 g/mol. The molecule has 2 nitrogen and oxygen atoms in total. The Kier molecular flexibility index (Phi) is 3.64. The number of likely N-dealkylation sites (tertiary alicyclic amines) is 1. The number of hydrogen-bond donors (Lipinski definition) is 0. The van der Waals surface area contributed by atoms with E-state index in [1.54, 1.807) is 0 Å². The summed E-state index contributed by atoms with van der Waals surface area (Å²) in [6.45, 7) is 2.41. The average Bonchev–Trinajstić information content (AvgIpc) is 3.07. The van der Waals surface area contributed by atoms with Crippen LogP contribution >= 0.6 is 0 Å². The Morgan fingerprint density at radius 1 is 0.885 bits per heavy atom. The predicted molar refractivity (Wildman–Crippen MR) is 105 cm³/mol. The zero-order valence-electron chi connectivity index (χ0n) is 14.7. The molecule has 0 bridgehead atoms. The van der Waals surface area contributed by atoms with Crippen molar-refractivity contribution in [1.29, 1.82) is 0 Å². The Hall–Kier alpha value is -2.52. The predicted octanol–water partition coefficient (Wildman–Crippen LogP) is 5.28. The molecule has 3 aromatic carbocycles. The molecule has 0 aromatic heterocycles. The maximum absolute atomic E-state index is 15.9. The van der Waals surface area contributed by atoms with Crippen molar-refractivity contribution in [2.45, 2.75) is 25.1 Å². The third-order valence-corrected chi connectivity index (χ3v) is 5.69. The second-order valence-corrected chi connectivity index (χ2v) is 7.37. The number of piperidine rings is 1. The molecule has 130 valence electrons. The van der Waals surface area contributed by atoms with Gasteiger partial charge in [-0.05, 0) is 29.9 Å². The Morgan fingerprint density at radius 3 is 2.38 bits per heavy atom. The van der Waals surface area contributed by atoms with E-state index in [0.29, 0.717) is 18.6 Å². The highest BCUT2D eigenvalue weighted by Crippen LogP contribution is 2.42. The van der Waals surface area contributed by atoms with Gasteiger partial charge in [0.05, 0.1) is 11.4 Å². The highest BCUT2D eigenvalue weighted by Gasteiger charge is 2.42. The molecule has 0 N–H and O–H groups in total. The number of nitrogens with zero attached hydrogens (tertiary/aromatic N) is 2. The van der Waals surface area contributed by atoms with Gasteiger partial charge in [-0.25, -0.2) is 9.38 Å².